The van der Waals surface area contributed by atoms with Crippen molar-refractivity contribution in [3.63, 3.8) is 0 Å². The number of rotatable bonds is 4. The predicted octanol–water partition coefficient (Wildman–Crippen LogP) is 0.0188. The number of nitrogens with zero attached hydrogens (tertiary/aromatic N) is 1. The Morgan fingerprint density at radius 1 is 1.21 bits per heavy atom. The van der Waals surface area contributed by atoms with Crippen LogP contribution in [0.25, 0.3) is 0 Å². The van der Waals surface area contributed by atoms with E-state index in [4.69, 9.17) is 5.11 Å². The molecular weight excluding hydrogens is 250 g/mol. The molecule has 0 aliphatic carbocycles. The Labute approximate surface area is 112 Å². The molecule has 7 nitrogen and oxygen atoms in total. The smallest absolute Gasteiger partial charge is 0.317 e. The Hall–Kier alpha value is -1.79. The number of likely N-dealkylation sites (N-methyl/N-ethyl adjacent to an activating group) is 1. The molecule has 0 spiro atoms. The number of nitrogens with one attached hydrogen (secondary N) is 2. The maximum Gasteiger partial charge on any atom is 0.317 e. The van der Waals surface area contributed by atoms with Gasteiger partial charge in [0.2, 0.25) is 5.91 Å². The molecule has 0 aromatic heterocycles. The van der Waals surface area contributed by atoms with Gasteiger partial charge in [0, 0.05) is 19.6 Å². The molecule has 0 atom stereocenters. The summed E-state index contributed by atoms with van der Waals surface area (Å²) in [6.45, 7) is 4.75. The van der Waals surface area contributed by atoms with E-state index in [1.165, 1.54) is 0 Å². The summed E-state index contributed by atoms with van der Waals surface area (Å²) >= 11 is 0. The summed E-state index contributed by atoms with van der Waals surface area (Å²) in [5.41, 5.74) is -0.754. The van der Waals surface area contributed by atoms with Crippen LogP contribution in [0.5, 0.6) is 0 Å². The molecule has 0 saturated carbocycles. The van der Waals surface area contributed by atoms with Crippen molar-refractivity contribution in [2.45, 2.75) is 26.7 Å². The average molecular weight is 271 g/mol. The number of hydrogen-bond acceptors (Lipinski definition) is 3. The maximum atomic E-state index is 11.8. The lowest BCUT2D eigenvalue weighted by Gasteiger charge is -2.36. The number of carbonyl (C=O) groups excluding carboxylic acids is 2. The first-order chi connectivity index (χ1) is 8.89. The third-order valence-corrected chi connectivity index (χ3v) is 3.44. The van der Waals surface area contributed by atoms with Gasteiger partial charge in [-0.25, -0.2) is 4.79 Å². The molecule has 3 N–H and O–H groups in total. The summed E-state index contributed by atoms with van der Waals surface area (Å²) in [5.74, 6) is -1.06. The van der Waals surface area contributed by atoms with Gasteiger partial charge < -0.3 is 20.6 Å². The highest BCUT2D eigenvalue weighted by Gasteiger charge is 2.37. The van der Waals surface area contributed by atoms with E-state index in [0.29, 0.717) is 32.5 Å². The van der Waals surface area contributed by atoms with Crippen LogP contribution in [0.15, 0.2) is 0 Å². The summed E-state index contributed by atoms with van der Waals surface area (Å²) in [4.78, 5) is 35.6. The van der Waals surface area contributed by atoms with Crippen molar-refractivity contribution >= 4 is 17.9 Å². The van der Waals surface area contributed by atoms with Gasteiger partial charge in [0.1, 0.15) is 0 Å². The Bertz CT molecular complexity index is 362. The molecule has 0 aromatic rings. The molecule has 1 saturated heterocycles. The summed E-state index contributed by atoms with van der Waals surface area (Å²) in [5, 5.41) is 14.2. The highest BCUT2D eigenvalue weighted by atomic mass is 16.4. The highest BCUT2D eigenvalue weighted by molar-refractivity contribution is 5.84. The molecule has 108 valence electrons. The molecule has 1 aliphatic heterocycles. The fourth-order valence-electron chi connectivity index (χ4n) is 1.94. The zero-order valence-electron chi connectivity index (χ0n) is 11.4. The fourth-order valence-corrected chi connectivity index (χ4v) is 1.94. The topological polar surface area (TPSA) is 98.7 Å². The van der Waals surface area contributed by atoms with Crippen LogP contribution in [0.4, 0.5) is 4.79 Å². The quantitative estimate of drug-likeness (QED) is 0.671. The van der Waals surface area contributed by atoms with E-state index in [0.717, 1.165) is 0 Å². The molecule has 0 bridgehead atoms. The monoisotopic (exact) mass is 271 g/mol. The first-order valence-electron chi connectivity index (χ1n) is 6.42. The normalized spacial score (nSPS) is 17.7. The molecule has 0 radical (unpaired) electrons. The van der Waals surface area contributed by atoms with Crippen LogP contribution in [0, 0.1) is 5.41 Å². The Morgan fingerprint density at radius 2 is 1.79 bits per heavy atom. The van der Waals surface area contributed by atoms with Gasteiger partial charge in [-0.05, 0) is 26.7 Å². The summed E-state index contributed by atoms with van der Waals surface area (Å²) < 4.78 is 0. The van der Waals surface area contributed by atoms with Crippen LogP contribution in [0.3, 0.4) is 0 Å². The lowest BCUT2D eigenvalue weighted by molar-refractivity contribution is -0.150. The van der Waals surface area contributed by atoms with Gasteiger partial charge in [-0.2, -0.15) is 0 Å². The molecule has 3 amide bonds. The SMILES string of the molecule is CCNC(=O)CNC(=O)N1CCC(C)(C(=O)O)CC1. The second-order valence-electron chi connectivity index (χ2n) is 4.97. The number of carboxylic acid groups (broad SMARTS) is 1. The third-order valence-electron chi connectivity index (χ3n) is 3.44. The third kappa shape index (κ3) is 4.11. The standard InChI is InChI=1S/C12H21N3O4/c1-3-13-9(16)8-14-11(19)15-6-4-12(2,5-7-15)10(17)18/h3-8H2,1-2H3,(H,13,16)(H,14,19)(H,17,18). The molecule has 1 rings (SSSR count). The molecule has 1 fully saturated rings. The predicted molar refractivity (Wildman–Crippen MR) is 68.6 cm³/mol. The first-order valence-corrected chi connectivity index (χ1v) is 6.42. The minimum absolute atomic E-state index is 0.0562. The molecule has 1 heterocycles. The maximum absolute atomic E-state index is 11.8. The molecule has 0 aromatic carbocycles. The second-order valence-corrected chi connectivity index (χ2v) is 4.97. The lowest BCUT2D eigenvalue weighted by Crippen LogP contribution is -2.50. The van der Waals surface area contributed by atoms with Crippen molar-refractivity contribution in [1.29, 1.82) is 0 Å². The summed E-state index contributed by atoms with van der Waals surface area (Å²) in [6.07, 6.45) is 0.855. The molecule has 7 heteroatoms. The number of hydrogen-bond donors (Lipinski definition) is 3. The highest BCUT2D eigenvalue weighted by Crippen LogP contribution is 2.30. The lowest BCUT2D eigenvalue weighted by atomic mass is 9.80. The van der Waals surface area contributed by atoms with Crippen molar-refractivity contribution in [2.24, 2.45) is 5.41 Å². The largest absolute Gasteiger partial charge is 0.481 e. The van der Waals surface area contributed by atoms with E-state index in [9.17, 15) is 14.4 Å². The van der Waals surface area contributed by atoms with Crippen molar-refractivity contribution in [1.82, 2.24) is 15.5 Å². The number of likely N-dealkylation sites (tertiary alicyclic amines) is 1. The van der Waals surface area contributed by atoms with Crippen LogP contribution < -0.4 is 10.6 Å². The van der Waals surface area contributed by atoms with Crippen LogP contribution in [0.2, 0.25) is 0 Å². The minimum atomic E-state index is -0.824. The van der Waals surface area contributed by atoms with Crippen molar-refractivity contribution in [3.05, 3.63) is 0 Å². The van der Waals surface area contributed by atoms with E-state index < -0.39 is 11.4 Å². The van der Waals surface area contributed by atoms with E-state index in [-0.39, 0.29) is 18.5 Å². The van der Waals surface area contributed by atoms with E-state index in [2.05, 4.69) is 10.6 Å². The fraction of sp³-hybridized carbons (Fsp3) is 0.750. The molecule has 1 aliphatic rings. The molecule has 19 heavy (non-hydrogen) atoms. The van der Waals surface area contributed by atoms with Crippen LogP contribution in [-0.4, -0.2) is 54.1 Å². The number of aliphatic carboxylic acids is 1. The molecular formula is C12H21N3O4. The van der Waals surface area contributed by atoms with Gasteiger partial charge >= 0.3 is 12.0 Å². The van der Waals surface area contributed by atoms with Gasteiger partial charge in [0.05, 0.1) is 12.0 Å². The van der Waals surface area contributed by atoms with Gasteiger partial charge in [0.15, 0.2) is 0 Å². The zero-order valence-corrected chi connectivity index (χ0v) is 11.4. The van der Waals surface area contributed by atoms with E-state index >= 15 is 0 Å². The van der Waals surface area contributed by atoms with Gasteiger partial charge in [-0.1, -0.05) is 0 Å². The van der Waals surface area contributed by atoms with Crippen LogP contribution in [0.1, 0.15) is 26.7 Å². The minimum Gasteiger partial charge on any atom is -0.481 e. The Balaban J connectivity index is 2.37. The molecule has 0 unspecified atom stereocenters. The second kappa shape index (κ2) is 6.40. The summed E-state index contributed by atoms with van der Waals surface area (Å²) in [6, 6.07) is -0.321. The summed E-state index contributed by atoms with van der Waals surface area (Å²) in [7, 11) is 0. The Morgan fingerprint density at radius 3 is 2.26 bits per heavy atom. The van der Waals surface area contributed by atoms with Gasteiger partial charge in [-0.3, -0.25) is 9.59 Å². The van der Waals surface area contributed by atoms with Gasteiger partial charge in [0.25, 0.3) is 0 Å². The number of amides is 3. The number of carbonyl (C=O) groups is 3. The van der Waals surface area contributed by atoms with Gasteiger partial charge in [-0.15, -0.1) is 0 Å². The van der Waals surface area contributed by atoms with Crippen LogP contribution >= 0.6 is 0 Å². The Kier molecular flexibility index (Phi) is 5.14. The average Bonchev–Trinajstić information content (AvgIpc) is 2.37. The van der Waals surface area contributed by atoms with E-state index in [1.807, 2.05) is 0 Å². The van der Waals surface area contributed by atoms with Crippen molar-refractivity contribution in [3.8, 4) is 0 Å². The first kappa shape index (κ1) is 15.3. The number of carboxylic acids is 1. The van der Waals surface area contributed by atoms with Crippen LogP contribution in [-0.2, 0) is 9.59 Å². The van der Waals surface area contributed by atoms with Crippen molar-refractivity contribution < 1.29 is 19.5 Å². The number of urea groups is 1. The van der Waals surface area contributed by atoms with E-state index in [1.54, 1.807) is 18.7 Å². The van der Waals surface area contributed by atoms with Crippen molar-refractivity contribution in [2.75, 3.05) is 26.2 Å². The number of piperidine rings is 1. The zero-order chi connectivity index (χ0) is 14.5.